The second-order valence-corrected chi connectivity index (χ2v) is 6.98. The van der Waals surface area contributed by atoms with Crippen LogP contribution in [0.3, 0.4) is 0 Å². The fraction of sp³-hybridized carbons (Fsp3) is 0.417. The first-order chi connectivity index (χ1) is 15.0. The summed E-state index contributed by atoms with van der Waals surface area (Å²) in [6.45, 7) is 3.67. The molecule has 0 N–H and O–H groups in total. The fourth-order valence-electron chi connectivity index (χ4n) is 2.99. The zero-order valence-electron chi connectivity index (χ0n) is 18.6. The Kier molecular flexibility index (Phi) is 10.00. The number of carbonyl (C=O) groups excluding carboxylic acids is 2. The Balaban J connectivity index is 2.45. The Labute approximate surface area is 183 Å². The third kappa shape index (κ3) is 7.70. The van der Waals surface area contributed by atoms with Crippen LogP contribution in [0.1, 0.15) is 37.8 Å². The quantitative estimate of drug-likeness (QED) is 0.363. The van der Waals surface area contributed by atoms with Gasteiger partial charge in [0.2, 0.25) is 5.75 Å². The van der Waals surface area contributed by atoms with E-state index < -0.39 is 11.9 Å². The molecule has 0 saturated carbocycles. The number of rotatable bonds is 12. The van der Waals surface area contributed by atoms with E-state index in [4.69, 9.17) is 23.7 Å². The van der Waals surface area contributed by atoms with Crippen LogP contribution in [0.2, 0.25) is 0 Å². The first-order valence-electron chi connectivity index (χ1n) is 10.3. The first kappa shape index (κ1) is 24.4. The van der Waals surface area contributed by atoms with Gasteiger partial charge in [-0.3, -0.25) is 0 Å². The third-order valence-corrected chi connectivity index (χ3v) is 4.27. The molecule has 2 aromatic rings. The van der Waals surface area contributed by atoms with E-state index in [0.717, 1.165) is 31.2 Å². The highest BCUT2D eigenvalue weighted by Crippen LogP contribution is 2.41. The molecule has 0 bridgehead atoms. The van der Waals surface area contributed by atoms with Crippen LogP contribution in [0, 0.1) is 0 Å². The van der Waals surface area contributed by atoms with Gasteiger partial charge in [0.15, 0.2) is 11.5 Å². The molecule has 168 valence electrons. The molecule has 7 heteroatoms. The lowest BCUT2D eigenvalue weighted by molar-refractivity contribution is -0.141. The van der Waals surface area contributed by atoms with Gasteiger partial charge < -0.3 is 23.7 Å². The highest BCUT2D eigenvalue weighted by molar-refractivity contribution is 5.79. The number of carbonyl (C=O) groups is 2. The molecule has 0 aromatic heterocycles. The average molecular weight is 430 g/mol. The van der Waals surface area contributed by atoms with Crippen molar-refractivity contribution in [1.29, 1.82) is 0 Å². The van der Waals surface area contributed by atoms with Crippen molar-refractivity contribution in [2.75, 3.05) is 27.4 Å². The van der Waals surface area contributed by atoms with E-state index in [0.29, 0.717) is 5.75 Å². The van der Waals surface area contributed by atoms with Gasteiger partial charge in [-0.2, -0.15) is 0 Å². The average Bonchev–Trinajstić information content (AvgIpc) is 2.73. The summed E-state index contributed by atoms with van der Waals surface area (Å²) in [4.78, 5) is 24.2. The van der Waals surface area contributed by atoms with Gasteiger partial charge in [0, 0.05) is 14.2 Å². The minimum atomic E-state index is -0.641. The van der Waals surface area contributed by atoms with Gasteiger partial charge in [-0.15, -0.1) is 0 Å². The topological polar surface area (TPSA) is 80.3 Å². The molecule has 0 fully saturated rings. The summed E-state index contributed by atoms with van der Waals surface area (Å²) in [6, 6.07) is 11.1. The van der Waals surface area contributed by atoms with Gasteiger partial charge in [0.1, 0.15) is 19.0 Å². The molecule has 0 aliphatic heterocycles. The minimum Gasteiger partial charge on any atom is -0.453 e. The van der Waals surface area contributed by atoms with E-state index in [9.17, 15) is 9.59 Å². The van der Waals surface area contributed by atoms with Gasteiger partial charge in [0.05, 0.1) is 0 Å². The van der Waals surface area contributed by atoms with Crippen molar-refractivity contribution in [3.05, 3.63) is 47.5 Å². The highest BCUT2D eigenvalue weighted by Gasteiger charge is 2.21. The molecule has 31 heavy (non-hydrogen) atoms. The second-order valence-electron chi connectivity index (χ2n) is 6.98. The van der Waals surface area contributed by atoms with Crippen molar-refractivity contribution in [2.45, 2.75) is 39.5 Å². The van der Waals surface area contributed by atoms with Crippen molar-refractivity contribution in [1.82, 2.24) is 0 Å². The minimum absolute atomic E-state index is 0.0176. The van der Waals surface area contributed by atoms with Crippen LogP contribution in [-0.2, 0) is 31.9 Å². The Morgan fingerprint density at radius 3 is 1.87 bits per heavy atom. The number of hydrogen-bond donors (Lipinski definition) is 0. The highest BCUT2D eigenvalue weighted by atomic mass is 16.6. The van der Waals surface area contributed by atoms with Crippen LogP contribution in [0.4, 0.5) is 0 Å². The summed E-state index contributed by atoms with van der Waals surface area (Å²) >= 11 is 0. The molecule has 0 unspecified atom stereocenters. The maximum absolute atomic E-state index is 12.1. The molecule has 0 spiro atoms. The van der Waals surface area contributed by atoms with E-state index in [2.05, 4.69) is 6.92 Å². The molecular weight excluding hydrogens is 400 g/mol. The molecule has 0 heterocycles. The molecule has 0 aliphatic rings. The number of ether oxygens (including phenoxy) is 5. The number of esters is 2. The lowest BCUT2D eigenvalue weighted by Gasteiger charge is -2.17. The zero-order chi connectivity index (χ0) is 22.6. The summed E-state index contributed by atoms with van der Waals surface area (Å²) in [7, 11) is 2.78. The number of benzene rings is 2. The van der Waals surface area contributed by atoms with E-state index in [1.54, 1.807) is 12.1 Å². The van der Waals surface area contributed by atoms with E-state index in [1.165, 1.54) is 19.8 Å². The van der Waals surface area contributed by atoms with E-state index >= 15 is 0 Å². The molecule has 0 aliphatic carbocycles. The second kappa shape index (κ2) is 12.7. The Hall–Kier alpha value is -2.90. The molecular formula is C24H30O7. The van der Waals surface area contributed by atoms with Crippen LogP contribution in [0.5, 0.6) is 23.0 Å². The number of methoxy groups -OCH3 is 2. The summed E-state index contributed by atoms with van der Waals surface area (Å²) < 4.78 is 26.6. The maximum atomic E-state index is 12.1. The van der Waals surface area contributed by atoms with Gasteiger partial charge in [-0.1, -0.05) is 38.8 Å². The molecule has 0 atom stereocenters. The van der Waals surface area contributed by atoms with E-state index in [1.807, 2.05) is 31.2 Å². The van der Waals surface area contributed by atoms with Crippen LogP contribution >= 0.6 is 0 Å². The summed E-state index contributed by atoms with van der Waals surface area (Å²) in [5, 5.41) is 0. The van der Waals surface area contributed by atoms with Crippen LogP contribution in [0.25, 0.3) is 0 Å². The smallest absolute Gasteiger partial charge is 0.337 e. The third-order valence-electron chi connectivity index (χ3n) is 4.27. The molecule has 0 saturated heterocycles. The van der Waals surface area contributed by atoms with Crippen molar-refractivity contribution < 1.29 is 33.3 Å². The largest absolute Gasteiger partial charge is 0.453 e. The summed E-state index contributed by atoms with van der Waals surface area (Å²) in [5.41, 5.74) is 2.09. The van der Waals surface area contributed by atoms with Gasteiger partial charge in [0.25, 0.3) is 0 Å². The molecule has 2 rings (SSSR count). The summed E-state index contributed by atoms with van der Waals surface area (Å²) in [5.74, 6) is -0.294. The molecule has 2 aromatic carbocycles. The van der Waals surface area contributed by atoms with Crippen molar-refractivity contribution in [3.8, 4) is 23.0 Å². The first-order valence-corrected chi connectivity index (χ1v) is 10.3. The van der Waals surface area contributed by atoms with Crippen molar-refractivity contribution in [3.63, 3.8) is 0 Å². The van der Waals surface area contributed by atoms with Crippen molar-refractivity contribution in [2.24, 2.45) is 0 Å². The maximum Gasteiger partial charge on any atom is 0.337 e. The van der Waals surface area contributed by atoms with Crippen molar-refractivity contribution >= 4 is 11.9 Å². The van der Waals surface area contributed by atoms with Gasteiger partial charge in [-0.25, -0.2) is 9.59 Å². The van der Waals surface area contributed by atoms with Gasteiger partial charge >= 0.3 is 11.9 Å². The summed E-state index contributed by atoms with van der Waals surface area (Å²) in [6.07, 6.45) is 3.63. The molecule has 0 amide bonds. The van der Waals surface area contributed by atoms with Crippen LogP contribution < -0.4 is 14.2 Å². The van der Waals surface area contributed by atoms with Crippen LogP contribution in [0.15, 0.2) is 36.4 Å². The monoisotopic (exact) mass is 430 g/mol. The predicted octanol–water partition coefficient (Wildman–Crippen LogP) is 4.49. The van der Waals surface area contributed by atoms with Gasteiger partial charge in [-0.05, 0) is 48.2 Å². The number of aryl methyl sites for hydroxylation is 2. The Morgan fingerprint density at radius 2 is 1.29 bits per heavy atom. The standard InChI is InChI=1S/C24H30O7/c1-5-7-17-9-11-19(12-10-17)29-20-13-18(8-6-2)14-21(30-22(25)15-27-3)24(20)31-23(26)16-28-4/h9-14H,5-8,15-16H2,1-4H3. The fourth-order valence-corrected chi connectivity index (χ4v) is 2.99. The Morgan fingerprint density at radius 1 is 0.742 bits per heavy atom. The Bertz CT molecular complexity index is 859. The van der Waals surface area contributed by atoms with Crippen LogP contribution in [-0.4, -0.2) is 39.4 Å². The predicted molar refractivity (Wildman–Crippen MR) is 116 cm³/mol. The molecule has 7 nitrogen and oxygen atoms in total. The molecule has 0 radical (unpaired) electrons. The SMILES string of the molecule is CCCc1ccc(Oc2cc(CCC)cc(OC(=O)COC)c2OC(=O)COC)cc1. The lowest BCUT2D eigenvalue weighted by atomic mass is 10.1. The number of hydrogen-bond acceptors (Lipinski definition) is 7. The zero-order valence-corrected chi connectivity index (χ0v) is 18.6. The van der Waals surface area contributed by atoms with E-state index in [-0.39, 0.29) is 30.5 Å². The normalized spacial score (nSPS) is 10.6. The lowest BCUT2D eigenvalue weighted by Crippen LogP contribution is -2.18.